The Bertz CT molecular complexity index is 459. The van der Waals surface area contributed by atoms with Crippen LogP contribution in [0.25, 0.3) is 0 Å². The summed E-state index contributed by atoms with van der Waals surface area (Å²) >= 11 is 0. The number of nitrogens with zero attached hydrogens (tertiary/aromatic N) is 1. The maximum atomic E-state index is 12.1. The minimum atomic E-state index is -4.93. The number of carbonyl (C=O) groups excluding carboxylic acids is 1. The predicted octanol–water partition coefficient (Wildman–Crippen LogP) is 2.17. The Morgan fingerprint density at radius 2 is 2.11 bits per heavy atom. The molecule has 18 heavy (non-hydrogen) atoms. The van der Waals surface area contributed by atoms with E-state index in [9.17, 15) is 23.1 Å². The molecule has 0 unspecified atom stereocenters. The number of aromatic nitrogens is 1. The second kappa shape index (κ2) is 5.11. The smallest absolute Gasteiger partial charge is 0.505 e. The second-order valence-corrected chi connectivity index (χ2v) is 3.22. The Hall–Kier alpha value is -1.99. The molecule has 0 amide bonds. The van der Waals surface area contributed by atoms with Crippen molar-refractivity contribution in [2.24, 2.45) is 0 Å². The van der Waals surface area contributed by atoms with Gasteiger partial charge in [0.25, 0.3) is 0 Å². The molecule has 1 N–H and O–H groups in total. The molecule has 1 aromatic rings. The first-order chi connectivity index (χ1) is 8.26. The Balaban J connectivity index is 3.18. The number of esters is 1. The highest BCUT2D eigenvalue weighted by Crippen LogP contribution is 2.30. The zero-order valence-electron chi connectivity index (χ0n) is 9.54. The van der Waals surface area contributed by atoms with Crippen LogP contribution in [-0.4, -0.2) is 29.0 Å². The van der Waals surface area contributed by atoms with Gasteiger partial charge in [-0.1, -0.05) is 0 Å². The molecule has 1 heterocycles. The molecule has 0 aromatic carbocycles. The molecule has 1 rings (SSSR count). The van der Waals surface area contributed by atoms with Gasteiger partial charge in [-0.25, -0.2) is 9.78 Å². The molecule has 1 aromatic heterocycles. The summed E-state index contributed by atoms with van der Waals surface area (Å²) in [6, 6.07) is 0. The van der Waals surface area contributed by atoms with E-state index in [-0.39, 0.29) is 12.2 Å². The Kier molecular flexibility index (Phi) is 4.00. The summed E-state index contributed by atoms with van der Waals surface area (Å²) in [7, 11) is 0. The van der Waals surface area contributed by atoms with Gasteiger partial charge < -0.3 is 14.6 Å². The van der Waals surface area contributed by atoms with Crippen LogP contribution in [0.1, 0.15) is 22.8 Å². The van der Waals surface area contributed by atoms with Gasteiger partial charge in [0.2, 0.25) is 5.88 Å². The van der Waals surface area contributed by atoms with Crippen molar-refractivity contribution in [1.29, 1.82) is 0 Å². The number of alkyl halides is 3. The lowest BCUT2D eigenvalue weighted by Crippen LogP contribution is -2.19. The van der Waals surface area contributed by atoms with Crippen molar-refractivity contribution < 1.29 is 32.5 Å². The predicted molar refractivity (Wildman–Crippen MR) is 53.3 cm³/mol. The third-order valence-corrected chi connectivity index (χ3v) is 1.95. The van der Waals surface area contributed by atoms with E-state index < -0.39 is 29.5 Å². The summed E-state index contributed by atoms with van der Waals surface area (Å²) in [5.41, 5.74) is -0.642. The van der Waals surface area contributed by atoms with Crippen LogP contribution >= 0.6 is 0 Å². The lowest BCUT2D eigenvalue weighted by molar-refractivity contribution is -0.276. The van der Waals surface area contributed by atoms with Crippen LogP contribution in [0.4, 0.5) is 13.2 Å². The van der Waals surface area contributed by atoms with Crippen LogP contribution < -0.4 is 4.74 Å². The molecule has 0 aliphatic heterocycles. The highest BCUT2D eigenvalue weighted by molar-refractivity contribution is 5.94. The minimum absolute atomic E-state index is 0.0233. The van der Waals surface area contributed by atoms with E-state index in [1.54, 1.807) is 0 Å². The van der Waals surface area contributed by atoms with Gasteiger partial charge in [0.15, 0.2) is 0 Å². The van der Waals surface area contributed by atoms with Gasteiger partial charge in [0.05, 0.1) is 12.8 Å². The first-order valence-corrected chi connectivity index (χ1v) is 4.87. The summed E-state index contributed by atoms with van der Waals surface area (Å²) in [4.78, 5) is 14.7. The van der Waals surface area contributed by atoms with Gasteiger partial charge >= 0.3 is 12.3 Å². The lowest BCUT2D eigenvalue weighted by Gasteiger charge is -2.13. The Labute approximate surface area is 100 Å². The standard InChI is InChI=1S/C10H10F3NO4/c1-3-17-9(16)7-5(2)8(14-4-6(7)15)18-10(11,12)13/h4,15H,3H2,1-2H3. The lowest BCUT2D eigenvalue weighted by atomic mass is 10.1. The monoisotopic (exact) mass is 265 g/mol. The van der Waals surface area contributed by atoms with Gasteiger partial charge in [0.1, 0.15) is 11.3 Å². The first kappa shape index (κ1) is 14.1. The largest absolute Gasteiger partial charge is 0.574 e. The van der Waals surface area contributed by atoms with Crippen LogP contribution in [0.5, 0.6) is 11.6 Å². The van der Waals surface area contributed by atoms with Gasteiger partial charge in [-0.15, -0.1) is 13.2 Å². The number of rotatable bonds is 3. The summed E-state index contributed by atoms with van der Waals surface area (Å²) < 4.78 is 44.4. The normalized spacial score (nSPS) is 11.2. The van der Waals surface area contributed by atoms with Crippen molar-refractivity contribution >= 4 is 5.97 Å². The highest BCUT2D eigenvalue weighted by Gasteiger charge is 2.34. The number of carbonyl (C=O) groups is 1. The maximum Gasteiger partial charge on any atom is 0.574 e. The highest BCUT2D eigenvalue weighted by atomic mass is 19.4. The third-order valence-electron chi connectivity index (χ3n) is 1.95. The number of hydrogen-bond acceptors (Lipinski definition) is 5. The number of hydrogen-bond donors (Lipinski definition) is 1. The Morgan fingerprint density at radius 3 is 2.61 bits per heavy atom. The van der Waals surface area contributed by atoms with Gasteiger partial charge in [-0.2, -0.15) is 0 Å². The van der Waals surface area contributed by atoms with Crippen LogP contribution in [0, 0.1) is 6.92 Å². The molecule has 0 radical (unpaired) electrons. The van der Waals surface area contributed by atoms with Crippen molar-refractivity contribution in [2.45, 2.75) is 20.2 Å². The van der Waals surface area contributed by atoms with Crippen molar-refractivity contribution in [3.8, 4) is 11.6 Å². The molecule has 0 spiro atoms. The second-order valence-electron chi connectivity index (χ2n) is 3.22. The fourth-order valence-electron chi connectivity index (χ4n) is 1.25. The summed E-state index contributed by atoms with van der Waals surface area (Å²) in [5.74, 6) is -2.31. The third kappa shape index (κ3) is 3.25. The van der Waals surface area contributed by atoms with Crippen molar-refractivity contribution in [2.75, 3.05) is 6.61 Å². The molecule has 0 bridgehead atoms. The van der Waals surface area contributed by atoms with Crippen LogP contribution in [0.3, 0.4) is 0 Å². The number of aromatic hydroxyl groups is 1. The van der Waals surface area contributed by atoms with Crippen molar-refractivity contribution in [3.05, 3.63) is 17.3 Å². The quantitative estimate of drug-likeness (QED) is 0.848. The average molecular weight is 265 g/mol. The fraction of sp³-hybridized carbons (Fsp3) is 0.400. The molecule has 0 aliphatic carbocycles. The van der Waals surface area contributed by atoms with Crippen LogP contribution in [0.15, 0.2) is 6.20 Å². The number of ether oxygens (including phenoxy) is 2. The van der Waals surface area contributed by atoms with Crippen LogP contribution in [0.2, 0.25) is 0 Å². The number of halogens is 3. The molecule has 5 nitrogen and oxygen atoms in total. The molecular formula is C10H10F3NO4. The SMILES string of the molecule is CCOC(=O)c1c(O)cnc(OC(F)(F)F)c1C. The van der Waals surface area contributed by atoms with Gasteiger partial charge in [0, 0.05) is 5.56 Å². The Morgan fingerprint density at radius 1 is 1.50 bits per heavy atom. The van der Waals surface area contributed by atoms with E-state index in [1.165, 1.54) is 13.8 Å². The van der Waals surface area contributed by atoms with E-state index >= 15 is 0 Å². The average Bonchev–Trinajstić information content (AvgIpc) is 2.21. The molecule has 0 atom stereocenters. The molecule has 0 aliphatic rings. The van der Waals surface area contributed by atoms with Gasteiger partial charge in [-0.3, -0.25) is 0 Å². The fourth-order valence-corrected chi connectivity index (χ4v) is 1.25. The number of pyridine rings is 1. The summed E-state index contributed by atoms with van der Waals surface area (Å²) in [6.07, 6.45) is -4.24. The van der Waals surface area contributed by atoms with E-state index in [0.717, 1.165) is 0 Å². The molecular weight excluding hydrogens is 255 g/mol. The van der Waals surface area contributed by atoms with Crippen molar-refractivity contribution in [3.63, 3.8) is 0 Å². The maximum absolute atomic E-state index is 12.1. The van der Waals surface area contributed by atoms with Gasteiger partial charge in [-0.05, 0) is 13.8 Å². The zero-order chi connectivity index (χ0) is 13.9. The van der Waals surface area contributed by atoms with E-state index in [2.05, 4.69) is 14.5 Å². The summed E-state index contributed by atoms with van der Waals surface area (Å²) in [5, 5.41) is 9.41. The van der Waals surface area contributed by atoms with E-state index in [4.69, 9.17) is 0 Å². The summed E-state index contributed by atoms with van der Waals surface area (Å²) in [6.45, 7) is 2.72. The van der Waals surface area contributed by atoms with E-state index in [0.29, 0.717) is 6.20 Å². The van der Waals surface area contributed by atoms with Crippen LogP contribution in [-0.2, 0) is 4.74 Å². The van der Waals surface area contributed by atoms with E-state index in [1.807, 2.05) is 0 Å². The minimum Gasteiger partial charge on any atom is -0.505 e. The zero-order valence-corrected chi connectivity index (χ0v) is 9.54. The van der Waals surface area contributed by atoms with Crippen molar-refractivity contribution in [1.82, 2.24) is 4.98 Å². The molecule has 0 saturated carbocycles. The first-order valence-electron chi connectivity index (χ1n) is 4.87. The molecule has 0 fully saturated rings. The topological polar surface area (TPSA) is 68.7 Å². The molecule has 0 saturated heterocycles. The molecule has 100 valence electrons. The molecule has 8 heteroatoms.